The molecule has 0 fully saturated rings. The van der Waals surface area contributed by atoms with Crippen molar-refractivity contribution >= 4 is 11.6 Å². The van der Waals surface area contributed by atoms with Crippen molar-refractivity contribution < 1.29 is 9.47 Å². The average Bonchev–Trinajstić information content (AvgIpc) is 2.23. The Labute approximate surface area is 107 Å². The van der Waals surface area contributed by atoms with Gasteiger partial charge in [0.15, 0.2) is 0 Å². The van der Waals surface area contributed by atoms with E-state index in [0.29, 0.717) is 29.5 Å². The third kappa shape index (κ3) is 4.64. The number of hydrogen-bond acceptors (Lipinski definition) is 3. The van der Waals surface area contributed by atoms with Gasteiger partial charge in [-0.1, -0.05) is 17.7 Å². The van der Waals surface area contributed by atoms with Crippen molar-refractivity contribution in [1.29, 1.82) is 5.26 Å². The lowest BCUT2D eigenvalue weighted by atomic mass is 10.2. The zero-order valence-electron chi connectivity index (χ0n) is 10.3. The molecule has 0 aliphatic rings. The molecule has 0 aromatic heterocycles. The molecule has 4 heteroatoms. The van der Waals surface area contributed by atoms with E-state index in [-0.39, 0.29) is 5.60 Å². The molecule has 0 spiro atoms. The summed E-state index contributed by atoms with van der Waals surface area (Å²) in [4.78, 5) is 0. The highest BCUT2D eigenvalue weighted by molar-refractivity contribution is 6.31. The third-order valence-electron chi connectivity index (χ3n) is 1.96. The largest absolute Gasteiger partial charge is 0.490 e. The second-order valence-corrected chi connectivity index (χ2v) is 4.94. The minimum absolute atomic E-state index is 0.185. The molecule has 1 rings (SSSR count). The van der Waals surface area contributed by atoms with Crippen LogP contribution in [0.5, 0.6) is 5.75 Å². The van der Waals surface area contributed by atoms with Crippen molar-refractivity contribution in [3.63, 3.8) is 0 Å². The van der Waals surface area contributed by atoms with Gasteiger partial charge in [0.1, 0.15) is 24.0 Å². The number of nitrogens with zero attached hydrogens (tertiary/aromatic N) is 1. The average molecular weight is 254 g/mol. The predicted octanol–water partition coefficient (Wildman–Crippen LogP) is 3.41. The van der Waals surface area contributed by atoms with Crippen LogP contribution < -0.4 is 4.74 Å². The van der Waals surface area contributed by atoms with Crippen molar-refractivity contribution in [3.05, 3.63) is 28.8 Å². The van der Waals surface area contributed by atoms with E-state index in [9.17, 15) is 0 Å². The highest BCUT2D eigenvalue weighted by atomic mass is 35.5. The minimum atomic E-state index is -0.185. The summed E-state index contributed by atoms with van der Waals surface area (Å²) in [5.41, 5.74) is 0.181. The second kappa shape index (κ2) is 5.90. The SMILES string of the molecule is CC(C)(C)OCCOc1cccc(Cl)c1C#N. The molecule has 3 nitrogen and oxygen atoms in total. The maximum absolute atomic E-state index is 8.94. The summed E-state index contributed by atoms with van der Waals surface area (Å²) in [7, 11) is 0. The summed E-state index contributed by atoms with van der Waals surface area (Å²) in [6, 6.07) is 7.17. The predicted molar refractivity (Wildman–Crippen MR) is 67.4 cm³/mol. The van der Waals surface area contributed by atoms with Crippen LogP contribution in [0, 0.1) is 11.3 Å². The van der Waals surface area contributed by atoms with E-state index in [4.69, 9.17) is 26.3 Å². The van der Waals surface area contributed by atoms with Crippen LogP contribution in [0.25, 0.3) is 0 Å². The molecule has 0 heterocycles. The van der Waals surface area contributed by atoms with Gasteiger partial charge in [-0.05, 0) is 32.9 Å². The Balaban J connectivity index is 2.53. The number of rotatable bonds is 4. The fraction of sp³-hybridized carbons (Fsp3) is 0.462. The van der Waals surface area contributed by atoms with Gasteiger partial charge in [-0.25, -0.2) is 0 Å². The van der Waals surface area contributed by atoms with Crippen molar-refractivity contribution in [2.45, 2.75) is 26.4 Å². The smallest absolute Gasteiger partial charge is 0.138 e. The number of ether oxygens (including phenoxy) is 2. The lowest BCUT2D eigenvalue weighted by Gasteiger charge is -2.19. The summed E-state index contributed by atoms with van der Waals surface area (Å²) in [5, 5.41) is 9.34. The molecule has 0 atom stereocenters. The molecule has 1 aromatic rings. The minimum Gasteiger partial charge on any atom is -0.490 e. The van der Waals surface area contributed by atoms with Gasteiger partial charge in [0.05, 0.1) is 17.2 Å². The van der Waals surface area contributed by atoms with Crippen LogP contribution >= 0.6 is 11.6 Å². The van der Waals surface area contributed by atoms with Gasteiger partial charge < -0.3 is 9.47 Å². The quantitative estimate of drug-likeness (QED) is 0.773. The molecule has 1 aromatic carbocycles. The molecule has 92 valence electrons. The Morgan fingerprint density at radius 3 is 2.59 bits per heavy atom. The first-order valence-corrected chi connectivity index (χ1v) is 5.77. The molecule has 0 saturated carbocycles. The van der Waals surface area contributed by atoms with Crippen molar-refractivity contribution in [1.82, 2.24) is 0 Å². The Morgan fingerprint density at radius 2 is 2.00 bits per heavy atom. The number of halogens is 1. The first-order valence-electron chi connectivity index (χ1n) is 5.39. The molecule has 0 aliphatic heterocycles. The number of nitriles is 1. The van der Waals surface area contributed by atoms with Crippen molar-refractivity contribution in [3.8, 4) is 11.8 Å². The topological polar surface area (TPSA) is 42.2 Å². The maximum Gasteiger partial charge on any atom is 0.138 e. The first kappa shape index (κ1) is 13.8. The molecule has 0 saturated heterocycles. The van der Waals surface area contributed by atoms with Crippen LogP contribution in [0.15, 0.2) is 18.2 Å². The lowest BCUT2D eigenvalue weighted by Crippen LogP contribution is -2.22. The zero-order chi connectivity index (χ0) is 12.9. The van der Waals surface area contributed by atoms with Crippen LogP contribution in [-0.2, 0) is 4.74 Å². The van der Waals surface area contributed by atoms with Crippen LogP contribution in [0.2, 0.25) is 5.02 Å². The first-order chi connectivity index (χ1) is 7.94. The van der Waals surface area contributed by atoms with Crippen LogP contribution in [0.1, 0.15) is 26.3 Å². The summed E-state index contributed by atoms with van der Waals surface area (Å²) < 4.78 is 11.0. The van der Waals surface area contributed by atoms with E-state index < -0.39 is 0 Å². The molecular formula is C13H16ClNO2. The number of hydrogen-bond donors (Lipinski definition) is 0. The van der Waals surface area contributed by atoms with Gasteiger partial charge >= 0.3 is 0 Å². The Morgan fingerprint density at radius 1 is 1.29 bits per heavy atom. The maximum atomic E-state index is 8.94. The van der Waals surface area contributed by atoms with E-state index in [0.717, 1.165) is 0 Å². The Kier molecular flexibility index (Phi) is 4.80. The molecule has 0 aliphatic carbocycles. The lowest BCUT2D eigenvalue weighted by molar-refractivity contribution is -0.0163. The van der Waals surface area contributed by atoms with Crippen molar-refractivity contribution in [2.75, 3.05) is 13.2 Å². The van der Waals surface area contributed by atoms with Gasteiger partial charge in [-0.15, -0.1) is 0 Å². The monoisotopic (exact) mass is 253 g/mol. The summed E-state index contributed by atoms with van der Waals surface area (Å²) in [6.07, 6.45) is 0. The van der Waals surface area contributed by atoms with E-state index in [1.807, 2.05) is 26.8 Å². The normalized spacial score (nSPS) is 11.0. The molecule has 0 bridgehead atoms. The summed E-state index contributed by atoms with van der Waals surface area (Å²) >= 11 is 5.88. The summed E-state index contributed by atoms with van der Waals surface area (Å²) in [6.45, 7) is 6.81. The van der Waals surface area contributed by atoms with Gasteiger partial charge in [-0.2, -0.15) is 5.26 Å². The third-order valence-corrected chi connectivity index (χ3v) is 2.28. The highest BCUT2D eigenvalue weighted by Gasteiger charge is 2.10. The van der Waals surface area contributed by atoms with Gasteiger partial charge in [-0.3, -0.25) is 0 Å². The Bertz CT molecular complexity index is 418. The fourth-order valence-corrected chi connectivity index (χ4v) is 1.44. The second-order valence-electron chi connectivity index (χ2n) is 4.53. The highest BCUT2D eigenvalue weighted by Crippen LogP contribution is 2.25. The van der Waals surface area contributed by atoms with Crippen LogP contribution in [-0.4, -0.2) is 18.8 Å². The Hall–Kier alpha value is -1.24. The van der Waals surface area contributed by atoms with Crippen LogP contribution in [0.3, 0.4) is 0 Å². The van der Waals surface area contributed by atoms with Gasteiger partial charge in [0.25, 0.3) is 0 Å². The molecule has 17 heavy (non-hydrogen) atoms. The standard InChI is InChI=1S/C13H16ClNO2/c1-13(2,3)17-8-7-16-12-6-4-5-11(14)10(12)9-15/h4-6H,7-8H2,1-3H3. The number of benzene rings is 1. The van der Waals surface area contributed by atoms with Crippen LogP contribution in [0.4, 0.5) is 0 Å². The van der Waals surface area contributed by atoms with E-state index in [2.05, 4.69) is 0 Å². The molecular weight excluding hydrogens is 238 g/mol. The van der Waals surface area contributed by atoms with E-state index in [1.54, 1.807) is 18.2 Å². The molecule has 0 unspecified atom stereocenters. The molecule has 0 radical (unpaired) electrons. The van der Waals surface area contributed by atoms with Crippen molar-refractivity contribution in [2.24, 2.45) is 0 Å². The molecule has 0 amide bonds. The zero-order valence-corrected chi connectivity index (χ0v) is 11.0. The van der Waals surface area contributed by atoms with Gasteiger partial charge in [0, 0.05) is 0 Å². The summed E-state index contributed by atoms with van der Waals surface area (Å²) in [5.74, 6) is 0.498. The van der Waals surface area contributed by atoms with E-state index in [1.165, 1.54) is 0 Å². The van der Waals surface area contributed by atoms with E-state index >= 15 is 0 Å². The van der Waals surface area contributed by atoms with Gasteiger partial charge in [0.2, 0.25) is 0 Å². The fourth-order valence-electron chi connectivity index (χ4n) is 1.23. The molecule has 0 N–H and O–H groups in total.